The summed E-state index contributed by atoms with van der Waals surface area (Å²) in [6.45, 7) is 1.53. The molecule has 0 saturated carbocycles. The highest BCUT2D eigenvalue weighted by Gasteiger charge is 2.35. The van der Waals surface area contributed by atoms with Crippen molar-refractivity contribution in [2.75, 3.05) is 0 Å². The van der Waals surface area contributed by atoms with Crippen LogP contribution in [0.15, 0.2) is 66.9 Å². The average Bonchev–Trinajstić information content (AvgIpc) is 3.29. The third kappa shape index (κ3) is 3.33. The van der Waals surface area contributed by atoms with Gasteiger partial charge < -0.3 is 0 Å². The summed E-state index contributed by atoms with van der Waals surface area (Å²) in [4.78, 5) is 0. The van der Waals surface area contributed by atoms with Crippen molar-refractivity contribution in [1.82, 2.24) is 24.8 Å². The molecule has 0 atom stereocenters. The van der Waals surface area contributed by atoms with Crippen LogP contribution in [0.2, 0.25) is 0 Å². The Bertz CT molecular complexity index is 1060. The van der Waals surface area contributed by atoms with Crippen LogP contribution in [0.4, 0.5) is 13.2 Å². The number of aryl methyl sites for hydroxylation is 1. The van der Waals surface area contributed by atoms with Crippen molar-refractivity contribution in [1.29, 1.82) is 0 Å². The molecule has 0 N–H and O–H groups in total. The number of rotatable bonds is 3. The van der Waals surface area contributed by atoms with Crippen LogP contribution in [0.1, 0.15) is 11.4 Å². The van der Waals surface area contributed by atoms with E-state index in [2.05, 4.69) is 15.4 Å². The van der Waals surface area contributed by atoms with Crippen LogP contribution in [-0.4, -0.2) is 24.8 Å². The fourth-order valence-corrected chi connectivity index (χ4v) is 2.78. The third-order valence-corrected chi connectivity index (χ3v) is 4.04. The fourth-order valence-electron chi connectivity index (χ4n) is 2.78. The molecule has 0 bridgehead atoms. The van der Waals surface area contributed by atoms with Crippen LogP contribution in [-0.2, 0) is 6.18 Å². The number of alkyl halides is 3. The molecule has 136 valence electrons. The quantitative estimate of drug-likeness (QED) is 0.536. The summed E-state index contributed by atoms with van der Waals surface area (Å²) in [5, 5.41) is 12.2. The molecule has 4 aromatic rings. The second kappa shape index (κ2) is 6.39. The van der Waals surface area contributed by atoms with Crippen molar-refractivity contribution in [2.24, 2.45) is 0 Å². The van der Waals surface area contributed by atoms with Crippen molar-refractivity contribution >= 4 is 0 Å². The van der Waals surface area contributed by atoms with Gasteiger partial charge in [-0.05, 0) is 37.3 Å². The van der Waals surface area contributed by atoms with Crippen molar-refractivity contribution in [2.45, 2.75) is 13.1 Å². The van der Waals surface area contributed by atoms with Gasteiger partial charge in [0, 0.05) is 5.56 Å². The summed E-state index contributed by atoms with van der Waals surface area (Å²) >= 11 is 0. The summed E-state index contributed by atoms with van der Waals surface area (Å²) in [5.74, 6) is 0. The smallest absolute Gasteiger partial charge is 0.228 e. The summed E-state index contributed by atoms with van der Waals surface area (Å²) in [6.07, 6.45) is -2.71. The fraction of sp³-hybridized carbons (Fsp3) is 0.105. The average molecular weight is 369 g/mol. The molecule has 0 aliphatic heterocycles. The molecule has 5 nitrogen and oxygen atoms in total. The Morgan fingerprint density at radius 2 is 1.56 bits per heavy atom. The van der Waals surface area contributed by atoms with E-state index in [4.69, 9.17) is 0 Å². The van der Waals surface area contributed by atoms with Crippen LogP contribution in [0, 0.1) is 6.92 Å². The molecule has 0 aliphatic carbocycles. The van der Waals surface area contributed by atoms with Crippen LogP contribution < -0.4 is 0 Å². The lowest BCUT2D eigenvalue weighted by Gasteiger charge is -2.10. The van der Waals surface area contributed by atoms with E-state index in [-0.39, 0.29) is 0 Å². The van der Waals surface area contributed by atoms with Crippen molar-refractivity contribution in [3.05, 3.63) is 78.2 Å². The number of benzene rings is 2. The molecule has 4 rings (SSSR count). The predicted octanol–water partition coefficient (Wildman–Crippen LogP) is 4.45. The molecule has 2 aromatic heterocycles. The third-order valence-electron chi connectivity index (χ3n) is 4.04. The van der Waals surface area contributed by atoms with E-state index in [0.717, 1.165) is 16.3 Å². The van der Waals surface area contributed by atoms with Crippen molar-refractivity contribution in [3.63, 3.8) is 0 Å². The minimum absolute atomic E-state index is 0.301. The molecule has 8 heteroatoms. The van der Waals surface area contributed by atoms with E-state index in [0.29, 0.717) is 22.8 Å². The van der Waals surface area contributed by atoms with Crippen molar-refractivity contribution < 1.29 is 13.2 Å². The molecule has 0 amide bonds. The first-order valence-corrected chi connectivity index (χ1v) is 8.14. The maximum absolute atomic E-state index is 13.2. The van der Waals surface area contributed by atoms with Gasteiger partial charge in [0.25, 0.3) is 0 Å². The highest BCUT2D eigenvalue weighted by Crippen LogP contribution is 2.31. The molecule has 27 heavy (non-hydrogen) atoms. The number of nitrogens with zero attached hydrogens (tertiary/aromatic N) is 5. The monoisotopic (exact) mass is 369 g/mol. The molecule has 2 heterocycles. The Balaban J connectivity index is 1.65. The SMILES string of the molecule is Cc1cc(C(F)(F)F)n(-c2ccc(-n3cc(-c4ccccc4)nn3)cc2)n1. The van der Waals surface area contributed by atoms with E-state index >= 15 is 0 Å². The van der Waals surface area contributed by atoms with Gasteiger partial charge in [0.2, 0.25) is 0 Å². The first-order chi connectivity index (χ1) is 12.9. The van der Waals surface area contributed by atoms with E-state index in [1.165, 1.54) is 6.92 Å². The van der Waals surface area contributed by atoms with E-state index in [1.54, 1.807) is 35.1 Å². The van der Waals surface area contributed by atoms with Gasteiger partial charge in [-0.1, -0.05) is 35.5 Å². The molecule has 2 aromatic carbocycles. The second-order valence-electron chi connectivity index (χ2n) is 6.01. The zero-order chi connectivity index (χ0) is 19.0. The van der Waals surface area contributed by atoms with E-state index in [9.17, 15) is 13.2 Å². The van der Waals surface area contributed by atoms with Gasteiger partial charge in [0.1, 0.15) is 11.4 Å². The Morgan fingerprint density at radius 3 is 2.22 bits per heavy atom. The molecule has 0 spiro atoms. The van der Waals surface area contributed by atoms with Gasteiger partial charge in [-0.3, -0.25) is 0 Å². The van der Waals surface area contributed by atoms with E-state index < -0.39 is 11.9 Å². The van der Waals surface area contributed by atoms with Gasteiger partial charge >= 0.3 is 6.18 Å². The molecule has 0 radical (unpaired) electrons. The van der Waals surface area contributed by atoms with Gasteiger partial charge in [-0.15, -0.1) is 5.10 Å². The summed E-state index contributed by atoms with van der Waals surface area (Å²) in [5.41, 5.74) is 2.15. The summed E-state index contributed by atoms with van der Waals surface area (Å²) < 4.78 is 42.0. The lowest BCUT2D eigenvalue weighted by molar-refractivity contribution is -0.142. The summed E-state index contributed by atoms with van der Waals surface area (Å²) in [6, 6.07) is 17.1. The normalized spacial score (nSPS) is 11.7. The molecule has 0 aliphatic rings. The lowest BCUT2D eigenvalue weighted by Crippen LogP contribution is -2.13. The number of halogens is 3. The van der Waals surface area contributed by atoms with Crippen LogP contribution in [0.5, 0.6) is 0 Å². The Morgan fingerprint density at radius 1 is 0.889 bits per heavy atom. The van der Waals surface area contributed by atoms with Gasteiger partial charge in [0.15, 0.2) is 0 Å². The zero-order valence-corrected chi connectivity index (χ0v) is 14.2. The molecule has 0 unspecified atom stereocenters. The lowest BCUT2D eigenvalue weighted by atomic mass is 10.2. The minimum atomic E-state index is -4.48. The highest BCUT2D eigenvalue weighted by molar-refractivity contribution is 5.58. The standard InChI is InChI=1S/C19H14F3N5/c1-13-11-18(19(20,21)22)27(24-13)16-9-7-15(8-10-16)26-12-17(23-25-26)14-5-3-2-4-6-14/h2-12H,1H3. The second-order valence-corrected chi connectivity index (χ2v) is 6.01. The molecule has 0 saturated heterocycles. The maximum Gasteiger partial charge on any atom is 0.433 e. The maximum atomic E-state index is 13.2. The first kappa shape index (κ1) is 17.0. The van der Waals surface area contributed by atoms with E-state index in [1.807, 2.05) is 30.3 Å². The van der Waals surface area contributed by atoms with Gasteiger partial charge in [0.05, 0.1) is 23.3 Å². The zero-order valence-electron chi connectivity index (χ0n) is 14.2. The molecular weight excluding hydrogens is 355 g/mol. The first-order valence-electron chi connectivity index (χ1n) is 8.14. The van der Waals surface area contributed by atoms with Crippen LogP contribution in [0.25, 0.3) is 22.6 Å². The topological polar surface area (TPSA) is 48.5 Å². The number of aromatic nitrogens is 5. The minimum Gasteiger partial charge on any atom is -0.228 e. The highest BCUT2D eigenvalue weighted by atomic mass is 19.4. The van der Waals surface area contributed by atoms with Crippen molar-refractivity contribution in [3.8, 4) is 22.6 Å². The number of hydrogen-bond acceptors (Lipinski definition) is 3. The van der Waals surface area contributed by atoms with Gasteiger partial charge in [-0.2, -0.15) is 18.3 Å². The molecular formula is C19H14F3N5. The van der Waals surface area contributed by atoms with Crippen LogP contribution in [0.3, 0.4) is 0 Å². The Labute approximate surface area is 152 Å². The summed E-state index contributed by atoms with van der Waals surface area (Å²) in [7, 11) is 0. The Kier molecular flexibility index (Phi) is 4.02. The predicted molar refractivity (Wildman–Crippen MR) is 93.7 cm³/mol. The van der Waals surface area contributed by atoms with Crippen LogP contribution >= 0.6 is 0 Å². The molecule has 0 fully saturated rings. The largest absolute Gasteiger partial charge is 0.433 e. The number of hydrogen-bond donors (Lipinski definition) is 0. The van der Waals surface area contributed by atoms with Gasteiger partial charge in [-0.25, -0.2) is 9.36 Å². The Hall–Kier alpha value is -3.42.